The molecule has 0 heterocycles. The van der Waals surface area contributed by atoms with Crippen molar-refractivity contribution in [2.45, 2.75) is 45.5 Å². The Hall–Kier alpha value is -0.650. The van der Waals surface area contributed by atoms with Crippen LogP contribution in [0.3, 0.4) is 0 Å². The van der Waals surface area contributed by atoms with Crippen molar-refractivity contribution >= 4 is 5.78 Å². The van der Waals surface area contributed by atoms with E-state index in [0.717, 1.165) is 12.8 Å². The summed E-state index contributed by atoms with van der Waals surface area (Å²) in [5.74, 6) is -4.32. The zero-order chi connectivity index (χ0) is 13.5. The molecule has 0 aliphatic rings. The van der Waals surface area contributed by atoms with E-state index in [4.69, 9.17) is 0 Å². The lowest BCUT2D eigenvalue weighted by atomic mass is 9.97. The second-order valence-corrected chi connectivity index (χ2v) is 3.98. The molecule has 0 aromatic carbocycles. The first kappa shape index (κ1) is 16.4. The Balaban J connectivity index is 3.86. The topological polar surface area (TPSA) is 26.3 Å². The van der Waals surface area contributed by atoms with E-state index in [1.807, 2.05) is 13.8 Å². The smallest absolute Gasteiger partial charge is 0.330 e. The quantitative estimate of drug-likeness (QED) is 0.593. The molecule has 0 rings (SSSR count). The third-order valence-electron chi connectivity index (χ3n) is 2.55. The van der Waals surface area contributed by atoms with Crippen molar-refractivity contribution in [3.63, 3.8) is 0 Å². The number of Topliss-reactive ketones (excluding diaryl/α,β-unsaturated/α-hetero) is 1. The number of ether oxygens (including phenoxy) is 1. The number of hydrogen-bond acceptors (Lipinski definition) is 2. The molecule has 0 bridgehead atoms. The minimum absolute atomic E-state index is 0.196. The monoisotopic (exact) mass is 258 g/mol. The van der Waals surface area contributed by atoms with E-state index in [2.05, 4.69) is 4.74 Å². The van der Waals surface area contributed by atoms with E-state index in [0.29, 0.717) is 0 Å². The molecule has 0 aromatic heterocycles. The van der Waals surface area contributed by atoms with Crippen LogP contribution in [-0.4, -0.2) is 31.3 Å². The van der Waals surface area contributed by atoms with E-state index >= 15 is 0 Å². The molecule has 0 saturated heterocycles. The lowest BCUT2D eigenvalue weighted by molar-refractivity contribution is -0.168. The van der Waals surface area contributed by atoms with Crippen LogP contribution in [0.1, 0.15) is 33.1 Å². The van der Waals surface area contributed by atoms with E-state index in [-0.39, 0.29) is 18.1 Å². The predicted octanol–water partition coefficient (Wildman–Crippen LogP) is 3.30. The largest absolute Gasteiger partial charge is 0.367 e. The van der Waals surface area contributed by atoms with Gasteiger partial charge in [0.2, 0.25) is 0 Å². The van der Waals surface area contributed by atoms with Crippen LogP contribution in [0, 0.1) is 5.92 Å². The number of carbonyl (C=O) groups is 1. The molecular formula is C11H18F4O2. The van der Waals surface area contributed by atoms with Crippen molar-refractivity contribution in [1.29, 1.82) is 0 Å². The number of hydrogen-bond donors (Lipinski definition) is 0. The van der Waals surface area contributed by atoms with Gasteiger partial charge in [-0.05, 0) is 5.92 Å². The number of rotatable bonds is 9. The molecule has 0 atom stereocenters. The average molecular weight is 258 g/mol. The van der Waals surface area contributed by atoms with Gasteiger partial charge in [-0.25, -0.2) is 8.78 Å². The van der Waals surface area contributed by atoms with Crippen molar-refractivity contribution in [2.75, 3.05) is 13.2 Å². The molecule has 6 heteroatoms. The Kier molecular flexibility index (Phi) is 7.34. The second-order valence-electron chi connectivity index (χ2n) is 3.98. The molecule has 0 saturated carbocycles. The van der Waals surface area contributed by atoms with Crippen molar-refractivity contribution in [3.05, 3.63) is 0 Å². The molecule has 0 unspecified atom stereocenters. The Morgan fingerprint density at radius 3 is 2.18 bits per heavy atom. The number of carbonyl (C=O) groups excluding carboxylic acids is 1. The van der Waals surface area contributed by atoms with Gasteiger partial charge in [0.15, 0.2) is 5.78 Å². The maximum absolute atomic E-state index is 12.4. The Morgan fingerprint density at radius 2 is 1.76 bits per heavy atom. The Bertz CT molecular complexity index is 228. The average Bonchev–Trinajstić information content (AvgIpc) is 2.25. The second kappa shape index (κ2) is 7.63. The first-order valence-corrected chi connectivity index (χ1v) is 5.58. The molecular weight excluding hydrogens is 240 g/mol. The molecule has 0 spiro atoms. The molecule has 102 valence electrons. The molecule has 0 fully saturated rings. The summed E-state index contributed by atoms with van der Waals surface area (Å²) in [4.78, 5) is 11.3. The standard InChI is InChI=1S/C11H18F4O2/c1-3-8(4-2)5-9(16)6-17-7-11(14,15)10(12)13/h8,10H,3-7H2,1-2H3. The van der Waals surface area contributed by atoms with Crippen LogP contribution >= 0.6 is 0 Å². The normalized spacial score (nSPS) is 12.5. The molecule has 2 nitrogen and oxygen atoms in total. The van der Waals surface area contributed by atoms with Crippen LogP contribution in [0.2, 0.25) is 0 Å². The van der Waals surface area contributed by atoms with Crippen LogP contribution in [-0.2, 0) is 9.53 Å². The first-order chi connectivity index (χ1) is 7.83. The van der Waals surface area contributed by atoms with Gasteiger partial charge in [-0.15, -0.1) is 0 Å². The molecule has 0 aromatic rings. The molecule has 0 amide bonds. The highest BCUT2D eigenvalue weighted by molar-refractivity contribution is 5.79. The highest BCUT2D eigenvalue weighted by atomic mass is 19.3. The predicted molar refractivity (Wildman–Crippen MR) is 55.5 cm³/mol. The lowest BCUT2D eigenvalue weighted by Crippen LogP contribution is -2.33. The zero-order valence-electron chi connectivity index (χ0n) is 10.0. The molecule has 0 radical (unpaired) electrons. The van der Waals surface area contributed by atoms with Crippen LogP contribution in [0.15, 0.2) is 0 Å². The SMILES string of the molecule is CCC(CC)CC(=O)COCC(F)(F)C(F)F. The maximum atomic E-state index is 12.4. The van der Waals surface area contributed by atoms with Gasteiger partial charge < -0.3 is 4.74 Å². The fourth-order valence-electron chi connectivity index (χ4n) is 1.32. The van der Waals surface area contributed by atoms with Gasteiger partial charge in [0.05, 0.1) is 0 Å². The van der Waals surface area contributed by atoms with Crippen LogP contribution in [0.5, 0.6) is 0 Å². The Morgan fingerprint density at radius 1 is 1.24 bits per heavy atom. The molecule has 0 aliphatic carbocycles. The van der Waals surface area contributed by atoms with Crippen LogP contribution in [0.25, 0.3) is 0 Å². The third-order valence-corrected chi connectivity index (χ3v) is 2.55. The van der Waals surface area contributed by atoms with E-state index in [9.17, 15) is 22.4 Å². The van der Waals surface area contributed by atoms with Gasteiger partial charge >= 0.3 is 12.3 Å². The summed E-state index contributed by atoms with van der Waals surface area (Å²) in [6.45, 7) is 1.90. The molecule has 17 heavy (non-hydrogen) atoms. The summed E-state index contributed by atoms with van der Waals surface area (Å²) in [5.41, 5.74) is 0. The number of ketones is 1. The summed E-state index contributed by atoms with van der Waals surface area (Å²) in [5, 5.41) is 0. The highest BCUT2D eigenvalue weighted by Crippen LogP contribution is 2.23. The van der Waals surface area contributed by atoms with E-state index in [1.54, 1.807) is 0 Å². The molecule has 0 N–H and O–H groups in total. The number of halogens is 4. The van der Waals surface area contributed by atoms with Crippen molar-refractivity contribution in [1.82, 2.24) is 0 Å². The summed E-state index contributed by atoms with van der Waals surface area (Å²) in [6.07, 6.45) is -1.89. The lowest BCUT2D eigenvalue weighted by Gasteiger charge is -2.15. The van der Waals surface area contributed by atoms with E-state index in [1.165, 1.54) is 0 Å². The van der Waals surface area contributed by atoms with Gasteiger partial charge in [-0.2, -0.15) is 8.78 Å². The summed E-state index contributed by atoms with van der Waals surface area (Å²) in [6, 6.07) is 0. The summed E-state index contributed by atoms with van der Waals surface area (Å²) < 4.78 is 52.6. The fourth-order valence-corrected chi connectivity index (χ4v) is 1.32. The van der Waals surface area contributed by atoms with Gasteiger partial charge in [-0.3, -0.25) is 4.79 Å². The first-order valence-electron chi connectivity index (χ1n) is 5.58. The van der Waals surface area contributed by atoms with Gasteiger partial charge in [0.1, 0.15) is 13.2 Å². The zero-order valence-corrected chi connectivity index (χ0v) is 10.0. The van der Waals surface area contributed by atoms with Crippen LogP contribution < -0.4 is 0 Å². The number of alkyl halides is 4. The van der Waals surface area contributed by atoms with Crippen molar-refractivity contribution < 1.29 is 27.1 Å². The van der Waals surface area contributed by atoms with Crippen LogP contribution in [0.4, 0.5) is 17.6 Å². The highest BCUT2D eigenvalue weighted by Gasteiger charge is 2.41. The van der Waals surface area contributed by atoms with Gasteiger partial charge in [0, 0.05) is 6.42 Å². The third kappa shape index (κ3) is 6.61. The van der Waals surface area contributed by atoms with Gasteiger partial charge in [0.25, 0.3) is 0 Å². The summed E-state index contributed by atoms with van der Waals surface area (Å²) >= 11 is 0. The van der Waals surface area contributed by atoms with Crippen molar-refractivity contribution in [2.24, 2.45) is 5.92 Å². The fraction of sp³-hybridized carbons (Fsp3) is 0.909. The maximum Gasteiger partial charge on any atom is 0.330 e. The van der Waals surface area contributed by atoms with Gasteiger partial charge in [-0.1, -0.05) is 26.7 Å². The molecule has 0 aliphatic heterocycles. The summed E-state index contributed by atoms with van der Waals surface area (Å²) in [7, 11) is 0. The van der Waals surface area contributed by atoms with E-state index < -0.39 is 25.6 Å². The Labute approximate surface area is 98.3 Å². The minimum Gasteiger partial charge on any atom is -0.367 e. The van der Waals surface area contributed by atoms with Crippen molar-refractivity contribution in [3.8, 4) is 0 Å². The minimum atomic E-state index is -4.19.